The normalized spacial score (nSPS) is 17.1. The lowest BCUT2D eigenvalue weighted by atomic mass is 9.98. The summed E-state index contributed by atoms with van der Waals surface area (Å²) in [5.74, 6) is 0.841. The van der Waals surface area contributed by atoms with Gasteiger partial charge in [0.1, 0.15) is 18.1 Å². The van der Waals surface area contributed by atoms with Crippen molar-refractivity contribution < 1.29 is 9.15 Å². The maximum absolute atomic E-state index is 12.8. The van der Waals surface area contributed by atoms with Gasteiger partial charge < -0.3 is 9.15 Å². The number of hydrogen-bond acceptors (Lipinski definition) is 4. The molecule has 1 aliphatic carbocycles. The number of nitrogens with zero attached hydrogens (tertiary/aromatic N) is 1. The van der Waals surface area contributed by atoms with Crippen LogP contribution in [-0.4, -0.2) is 17.7 Å². The monoisotopic (exact) mass is 347 g/mol. The molecule has 1 aromatic heterocycles. The molecule has 3 aromatic rings. The maximum Gasteiger partial charge on any atom is 0.340 e. The number of rotatable bonds is 3. The predicted octanol–water partition coefficient (Wildman–Crippen LogP) is 4.01. The van der Waals surface area contributed by atoms with Crippen LogP contribution < -0.4 is 10.4 Å². The lowest BCUT2D eigenvalue weighted by Crippen LogP contribution is -2.33. The fourth-order valence-corrected chi connectivity index (χ4v) is 3.86. The van der Waals surface area contributed by atoms with E-state index in [1.807, 2.05) is 49.4 Å². The van der Waals surface area contributed by atoms with Gasteiger partial charge in [-0.3, -0.25) is 4.90 Å². The Hall–Kier alpha value is -2.59. The molecule has 4 heteroatoms. The van der Waals surface area contributed by atoms with Crippen molar-refractivity contribution in [3.05, 3.63) is 75.1 Å². The first kappa shape index (κ1) is 15.6. The number of benzene rings is 2. The van der Waals surface area contributed by atoms with Crippen molar-refractivity contribution in [2.45, 2.75) is 38.8 Å². The zero-order valence-electron chi connectivity index (χ0n) is 14.8. The topological polar surface area (TPSA) is 42.7 Å². The Morgan fingerprint density at radius 3 is 2.69 bits per heavy atom. The van der Waals surface area contributed by atoms with Crippen LogP contribution in [0.25, 0.3) is 11.0 Å². The van der Waals surface area contributed by atoms with Gasteiger partial charge in [-0.2, -0.15) is 0 Å². The van der Waals surface area contributed by atoms with E-state index >= 15 is 0 Å². The van der Waals surface area contributed by atoms with Crippen LogP contribution in [0.2, 0.25) is 0 Å². The van der Waals surface area contributed by atoms with Gasteiger partial charge in [-0.1, -0.05) is 30.3 Å². The van der Waals surface area contributed by atoms with Crippen molar-refractivity contribution in [1.82, 2.24) is 4.90 Å². The molecule has 1 aliphatic heterocycles. The molecule has 0 radical (unpaired) electrons. The lowest BCUT2D eigenvalue weighted by Gasteiger charge is -2.29. The minimum atomic E-state index is -0.240. The first-order valence-electron chi connectivity index (χ1n) is 9.19. The highest BCUT2D eigenvalue weighted by molar-refractivity contribution is 5.86. The molecule has 0 spiro atoms. The second-order valence-corrected chi connectivity index (χ2v) is 7.33. The molecule has 0 unspecified atom stereocenters. The molecule has 0 saturated heterocycles. The third-order valence-electron chi connectivity index (χ3n) is 5.55. The lowest BCUT2D eigenvalue weighted by molar-refractivity contribution is 0.0885. The molecule has 26 heavy (non-hydrogen) atoms. The average molecular weight is 347 g/mol. The Labute approximate surface area is 152 Å². The molecular formula is C22H21NO3. The fraction of sp³-hybridized carbons (Fsp3) is 0.318. The predicted molar refractivity (Wildman–Crippen MR) is 101 cm³/mol. The van der Waals surface area contributed by atoms with Gasteiger partial charge in [0.25, 0.3) is 0 Å². The van der Waals surface area contributed by atoms with Gasteiger partial charge >= 0.3 is 5.63 Å². The van der Waals surface area contributed by atoms with Crippen LogP contribution in [0.15, 0.2) is 51.7 Å². The first-order chi connectivity index (χ1) is 12.7. The van der Waals surface area contributed by atoms with Crippen LogP contribution >= 0.6 is 0 Å². The van der Waals surface area contributed by atoms with Crippen LogP contribution in [0.4, 0.5) is 0 Å². The maximum atomic E-state index is 12.8. The Morgan fingerprint density at radius 1 is 1.12 bits per heavy atom. The summed E-state index contributed by atoms with van der Waals surface area (Å²) < 4.78 is 11.7. The smallest absolute Gasteiger partial charge is 0.340 e. The largest absolute Gasteiger partial charge is 0.478 e. The van der Waals surface area contributed by atoms with Gasteiger partial charge in [0.05, 0.1) is 5.56 Å². The van der Waals surface area contributed by atoms with E-state index in [9.17, 15) is 4.79 Å². The highest BCUT2D eigenvalue weighted by Gasteiger charge is 2.33. The Balaban J connectivity index is 1.62. The molecular weight excluding hydrogens is 326 g/mol. The summed E-state index contributed by atoms with van der Waals surface area (Å²) in [6, 6.07) is 14.7. The molecule has 2 aromatic carbocycles. The molecule has 1 saturated carbocycles. The summed E-state index contributed by atoms with van der Waals surface area (Å²) >= 11 is 0. The van der Waals surface area contributed by atoms with Crippen molar-refractivity contribution in [2.24, 2.45) is 0 Å². The van der Waals surface area contributed by atoms with Crippen molar-refractivity contribution in [2.75, 3.05) is 6.73 Å². The average Bonchev–Trinajstić information content (AvgIpc) is 3.51. The Kier molecular flexibility index (Phi) is 3.61. The molecule has 132 valence electrons. The summed E-state index contributed by atoms with van der Waals surface area (Å²) in [5.41, 5.74) is 4.31. The van der Waals surface area contributed by atoms with Crippen molar-refractivity contribution in [1.29, 1.82) is 0 Å². The van der Waals surface area contributed by atoms with E-state index in [1.165, 1.54) is 12.8 Å². The SMILES string of the molecule is Cc1c(Cc2ccccc2)c(=O)oc2c3c(ccc12)OCN(C1CC1)C3. The van der Waals surface area contributed by atoms with E-state index in [0.717, 1.165) is 39.9 Å². The molecule has 1 fully saturated rings. The Morgan fingerprint density at radius 2 is 1.92 bits per heavy atom. The molecule has 0 amide bonds. The molecule has 0 atom stereocenters. The molecule has 4 nitrogen and oxygen atoms in total. The number of hydrogen-bond donors (Lipinski definition) is 0. The van der Waals surface area contributed by atoms with E-state index in [2.05, 4.69) is 4.90 Å². The summed E-state index contributed by atoms with van der Waals surface area (Å²) in [6.45, 7) is 3.43. The highest BCUT2D eigenvalue weighted by Crippen LogP contribution is 2.37. The van der Waals surface area contributed by atoms with Gasteiger partial charge in [0.2, 0.25) is 0 Å². The number of ether oxygens (including phenoxy) is 1. The molecule has 5 rings (SSSR count). The minimum absolute atomic E-state index is 0.240. The first-order valence-corrected chi connectivity index (χ1v) is 9.19. The standard InChI is InChI=1S/C22H21NO3/c1-14-17-9-10-20-19(12-23(13-25-20)16-7-8-16)21(17)26-22(24)18(14)11-15-5-3-2-4-6-15/h2-6,9-10,16H,7-8,11-13H2,1H3. The van der Waals surface area contributed by atoms with Gasteiger partial charge in [-0.05, 0) is 43.0 Å². The van der Waals surface area contributed by atoms with Crippen LogP contribution in [0, 0.1) is 6.92 Å². The van der Waals surface area contributed by atoms with Crippen LogP contribution in [0.1, 0.15) is 35.1 Å². The molecule has 0 N–H and O–H groups in total. The van der Waals surface area contributed by atoms with Gasteiger partial charge in [-0.15, -0.1) is 0 Å². The van der Waals surface area contributed by atoms with Crippen molar-refractivity contribution >= 4 is 11.0 Å². The quantitative estimate of drug-likeness (QED) is 0.672. The van der Waals surface area contributed by atoms with Crippen molar-refractivity contribution in [3.63, 3.8) is 0 Å². The van der Waals surface area contributed by atoms with Gasteiger partial charge in [-0.25, -0.2) is 4.79 Å². The highest BCUT2D eigenvalue weighted by atomic mass is 16.5. The third kappa shape index (κ3) is 2.61. The van der Waals surface area contributed by atoms with E-state index in [0.29, 0.717) is 24.8 Å². The molecule has 2 heterocycles. The summed E-state index contributed by atoms with van der Waals surface area (Å²) in [6.07, 6.45) is 3.05. The van der Waals surface area contributed by atoms with Gasteiger partial charge in [0, 0.05) is 30.0 Å². The molecule has 0 bridgehead atoms. The summed E-state index contributed by atoms with van der Waals surface area (Å²) in [4.78, 5) is 15.1. The second kappa shape index (κ2) is 5.99. The van der Waals surface area contributed by atoms with E-state index in [4.69, 9.17) is 9.15 Å². The zero-order chi connectivity index (χ0) is 17.7. The fourth-order valence-electron chi connectivity index (χ4n) is 3.86. The minimum Gasteiger partial charge on any atom is -0.478 e. The van der Waals surface area contributed by atoms with Crippen LogP contribution in [0.3, 0.4) is 0 Å². The number of aryl methyl sites for hydroxylation is 1. The third-order valence-corrected chi connectivity index (χ3v) is 5.55. The van der Waals surface area contributed by atoms with Crippen LogP contribution in [-0.2, 0) is 13.0 Å². The van der Waals surface area contributed by atoms with Crippen LogP contribution in [0.5, 0.6) is 5.75 Å². The summed E-state index contributed by atoms with van der Waals surface area (Å²) in [7, 11) is 0. The Bertz CT molecular complexity index is 1030. The van der Waals surface area contributed by atoms with Gasteiger partial charge in [0.15, 0.2) is 0 Å². The van der Waals surface area contributed by atoms with E-state index < -0.39 is 0 Å². The second-order valence-electron chi connectivity index (χ2n) is 7.33. The van der Waals surface area contributed by atoms with E-state index in [1.54, 1.807) is 0 Å². The number of fused-ring (bicyclic) bond motifs is 3. The molecule has 2 aliphatic rings. The van der Waals surface area contributed by atoms with E-state index in [-0.39, 0.29) is 5.63 Å². The summed E-state index contributed by atoms with van der Waals surface area (Å²) in [5, 5.41) is 1.01. The zero-order valence-corrected chi connectivity index (χ0v) is 14.8. The van der Waals surface area contributed by atoms with Crippen molar-refractivity contribution in [3.8, 4) is 5.75 Å².